The SMILES string of the molecule is CC(C)Oc1ncccc1NS(=O)(=O)c1ccc(N)cc1. The Balaban J connectivity index is 2.30. The van der Waals surface area contributed by atoms with E-state index in [0.29, 0.717) is 11.4 Å². The number of pyridine rings is 1. The Hall–Kier alpha value is -2.28. The Bertz CT molecular complexity index is 712. The van der Waals surface area contributed by atoms with Crippen molar-refractivity contribution in [2.45, 2.75) is 24.8 Å². The van der Waals surface area contributed by atoms with Crippen LogP contribution in [0.5, 0.6) is 5.88 Å². The Morgan fingerprint density at radius 2 is 1.86 bits per heavy atom. The van der Waals surface area contributed by atoms with Crippen molar-refractivity contribution in [1.29, 1.82) is 0 Å². The van der Waals surface area contributed by atoms with Crippen molar-refractivity contribution in [2.75, 3.05) is 10.5 Å². The van der Waals surface area contributed by atoms with Gasteiger partial charge >= 0.3 is 0 Å². The molecule has 3 N–H and O–H groups in total. The Morgan fingerprint density at radius 1 is 1.19 bits per heavy atom. The van der Waals surface area contributed by atoms with E-state index >= 15 is 0 Å². The highest BCUT2D eigenvalue weighted by Crippen LogP contribution is 2.25. The highest BCUT2D eigenvalue weighted by atomic mass is 32.2. The maximum atomic E-state index is 12.3. The van der Waals surface area contributed by atoms with Gasteiger partial charge in [0.05, 0.1) is 11.0 Å². The normalized spacial score (nSPS) is 11.4. The highest BCUT2D eigenvalue weighted by Gasteiger charge is 2.17. The molecular weight excluding hydrogens is 290 g/mol. The average molecular weight is 307 g/mol. The van der Waals surface area contributed by atoms with E-state index in [0.717, 1.165) is 0 Å². The molecule has 1 heterocycles. The van der Waals surface area contributed by atoms with Crippen molar-refractivity contribution in [2.24, 2.45) is 0 Å². The molecule has 0 fully saturated rings. The lowest BCUT2D eigenvalue weighted by Gasteiger charge is -2.14. The van der Waals surface area contributed by atoms with Crippen LogP contribution < -0.4 is 15.2 Å². The third-order valence-corrected chi connectivity index (χ3v) is 3.93. The molecule has 6 nitrogen and oxygen atoms in total. The van der Waals surface area contributed by atoms with Crippen molar-refractivity contribution in [1.82, 2.24) is 4.98 Å². The molecule has 1 aromatic carbocycles. The summed E-state index contributed by atoms with van der Waals surface area (Å²) in [4.78, 5) is 4.16. The summed E-state index contributed by atoms with van der Waals surface area (Å²) in [5.41, 5.74) is 6.35. The van der Waals surface area contributed by atoms with Crippen LogP contribution >= 0.6 is 0 Å². The number of rotatable bonds is 5. The first-order chi connectivity index (χ1) is 9.88. The molecule has 0 radical (unpaired) electrons. The number of hydrogen-bond acceptors (Lipinski definition) is 5. The monoisotopic (exact) mass is 307 g/mol. The van der Waals surface area contributed by atoms with E-state index in [-0.39, 0.29) is 16.9 Å². The molecule has 0 bridgehead atoms. The van der Waals surface area contributed by atoms with E-state index < -0.39 is 10.0 Å². The quantitative estimate of drug-likeness (QED) is 0.826. The van der Waals surface area contributed by atoms with Gasteiger partial charge in [0.25, 0.3) is 10.0 Å². The van der Waals surface area contributed by atoms with Gasteiger partial charge in [0.2, 0.25) is 5.88 Å². The minimum atomic E-state index is -3.71. The average Bonchev–Trinajstić information content (AvgIpc) is 2.40. The van der Waals surface area contributed by atoms with E-state index in [9.17, 15) is 8.42 Å². The van der Waals surface area contributed by atoms with Gasteiger partial charge in [-0.15, -0.1) is 0 Å². The first kappa shape index (κ1) is 15.1. The number of hydrogen-bond donors (Lipinski definition) is 2. The van der Waals surface area contributed by atoms with E-state index in [1.807, 2.05) is 13.8 Å². The van der Waals surface area contributed by atoms with Crippen LogP contribution in [0.15, 0.2) is 47.5 Å². The minimum absolute atomic E-state index is 0.111. The summed E-state index contributed by atoms with van der Waals surface area (Å²) in [7, 11) is -3.71. The van der Waals surface area contributed by atoms with Crippen molar-refractivity contribution in [3.63, 3.8) is 0 Å². The van der Waals surface area contributed by atoms with Crippen LogP contribution in [0.4, 0.5) is 11.4 Å². The number of nitrogens with two attached hydrogens (primary N) is 1. The molecule has 112 valence electrons. The number of anilines is 2. The molecule has 21 heavy (non-hydrogen) atoms. The number of sulfonamides is 1. The largest absolute Gasteiger partial charge is 0.473 e. The zero-order chi connectivity index (χ0) is 15.5. The van der Waals surface area contributed by atoms with Crippen molar-refractivity contribution in [3.8, 4) is 5.88 Å². The van der Waals surface area contributed by atoms with Gasteiger partial charge in [-0.3, -0.25) is 4.72 Å². The molecule has 7 heteroatoms. The third kappa shape index (κ3) is 3.85. The predicted molar refractivity (Wildman–Crippen MR) is 81.7 cm³/mol. The van der Waals surface area contributed by atoms with Gasteiger partial charge in [0, 0.05) is 11.9 Å². The highest BCUT2D eigenvalue weighted by molar-refractivity contribution is 7.92. The topological polar surface area (TPSA) is 94.3 Å². The van der Waals surface area contributed by atoms with Crippen LogP contribution in [0.2, 0.25) is 0 Å². The Kier molecular flexibility index (Phi) is 4.32. The summed E-state index contributed by atoms with van der Waals surface area (Å²) in [5.74, 6) is 0.242. The summed E-state index contributed by atoms with van der Waals surface area (Å²) >= 11 is 0. The fourth-order valence-corrected chi connectivity index (χ4v) is 2.69. The smallest absolute Gasteiger partial charge is 0.262 e. The Morgan fingerprint density at radius 3 is 2.48 bits per heavy atom. The van der Waals surface area contributed by atoms with Gasteiger partial charge in [-0.2, -0.15) is 0 Å². The number of nitrogens with zero attached hydrogens (tertiary/aromatic N) is 1. The molecule has 1 aromatic heterocycles. The van der Waals surface area contributed by atoms with Crippen LogP contribution in [0.3, 0.4) is 0 Å². The molecule has 0 unspecified atom stereocenters. The predicted octanol–water partition coefficient (Wildman–Crippen LogP) is 2.25. The molecule has 0 aliphatic carbocycles. The van der Waals surface area contributed by atoms with Crippen LogP contribution in [-0.4, -0.2) is 19.5 Å². The van der Waals surface area contributed by atoms with Crippen molar-refractivity contribution < 1.29 is 13.2 Å². The van der Waals surface area contributed by atoms with Crippen LogP contribution in [-0.2, 0) is 10.0 Å². The van der Waals surface area contributed by atoms with Gasteiger partial charge in [0.1, 0.15) is 5.69 Å². The lowest BCUT2D eigenvalue weighted by molar-refractivity contribution is 0.234. The van der Waals surface area contributed by atoms with Crippen molar-refractivity contribution >= 4 is 21.4 Å². The van der Waals surface area contributed by atoms with Gasteiger partial charge in [0.15, 0.2) is 0 Å². The summed E-state index contributed by atoms with van der Waals surface area (Å²) in [6.45, 7) is 3.68. The molecule has 0 amide bonds. The van der Waals surface area contributed by atoms with Gasteiger partial charge in [-0.05, 0) is 50.2 Å². The van der Waals surface area contributed by atoms with E-state index in [1.165, 1.54) is 24.3 Å². The minimum Gasteiger partial charge on any atom is -0.473 e. The van der Waals surface area contributed by atoms with Gasteiger partial charge < -0.3 is 10.5 Å². The molecule has 0 aliphatic rings. The second-order valence-corrected chi connectivity index (χ2v) is 6.38. The third-order valence-electron chi connectivity index (χ3n) is 2.55. The fourth-order valence-electron chi connectivity index (χ4n) is 1.64. The fraction of sp³-hybridized carbons (Fsp3) is 0.214. The molecule has 0 aliphatic heterocycles. The maximum absolute atomic E-state index is 12.3. The number of nitrogens with one attached hydrogen (secondary N) is 1. The van der Waals surface area contributed by atoms with E-state index in [2.05, 4.69) is 9.71 Å². The number of nitrogen functional groups attached to an aromatic ring is 1. The zero-order valence-corrected chi connectivity index (χ0v) is 12.6. The molecule has 0 saturated carbocycles. The molecular formula is C14H17N3O3S. The first-order valence-electron chi connectivity index (χ1n) is 6.38. The Labute approximate surface area is 124 Å². The molecule has 2 aromatic rings. The summed E-state index contributed by atoms with van der Waals surface area (Å²) in [6.07, 6.45) is 1.43. The second kappa shape index (κ2) is 6.01. The first-order valence-corrected chi connectivity index (χ1v) is 7.87. The standard InChI is InChI=1S/C14H17N3O3S/c1-10(2)20-14-13(4-3-9-16-14)17-21(18,19)12-7-5-11(15)6-8-12/h3-10,17H,15H2,1-2H3. The second-order valence-electron chi connectivity index (χ2n) is 4.70. The number of aromatic nitrogens is 1. The molecule has 0 spiro atoms. The number of benzene rings is 1. The molecule has 0 saturated heterocycles. The molecule has 2 rings (SSSR count). The summed E-state index contributed by atoms with van der Waals surface area (Å²) in [5, 5.41) is 0. The summed E-state index contributed by atoms with van der Waals surface area (Å²) < 4.78 is 32.6. The lowest BCUT2D eigenvalue weighted by Crippen LogP contribution is -2.15. The van der Waals surface area contributed by atoms with Crippen molar-refractivity contribution in [3.05, 3.63) is 42.6 Å². The lowest BCUT2D eigenvalue weighted by atomic mass is 10.3. The van der Waals surface area contributed by atoms with Gasteiger partial charge in [-0.25, -0.2) is 13.4 Å². The van der Waals surface area contributed by atoms with Crippen LogP contribution in [0.1, 0.15) is 13.8 Å². The van der Waals surface area contributed by atoms with Crippen LogP contribution in [0.25, 0.3) is 0 Å². The van der Waals surface area contributed by atoms with Crippen LogP contribution in [0, 0.1) is 0 Å². The van der Waals surface area contributed by atoms with E-state index in [1.54, 1.807) is 18.3 Å². The number of ether oxygens (including phenoxy) is 1. The maximum Gasteiger partial charge on any atom is 0.262 e. The molecule has 0 atom stereocenters. The van der Waals surface area contributed by atoms with E-state index in [4.69, 9.17) is 10.5 Å². The summed E-state index contributed by atoms with van der Waals surface area (Å²) in [6, 6.07) is 9.17. The van der Waals surface area contributed by atoms with Gasteiger partial charge in [-0.1, -0.05) is 0 Å². The zero-order valence-electron chi connectivity index (χ0n) is 11.8.